The van der Waals surface area contributed by atoms with Crippen molar-refractivity contribution in [1.82, 2.24) is 9.80 Å². The van der Waals surface area contributed by atoms with Gasteiger partial charge in [-0.05, 0) is 57.5 Å². The van der Waals surface area contributed by atoms with Gasteiger partial charge in [0.1, 0.15) is 12.2 Å². The van der Waals surface area contributed by atoms with Crippen LogP contribution in [0, 0.1) is 0 Å². The Labute approximate surface area is 188 Å². The number of ether oxygens (including phenoxy) is 2. The first-order chi connectivity index (χ1) is 15.1. The third-order valence-electron chi connectivity index (χ3n) is 5.12. The summed E-state index contributed by atoms with van der Waals surface area (Å²) >= 11 is 0. The van der Waals surface area contributed by atoms with Gasteiger partial charge in [-0.1, -0.05) is 30.3 Å². The second kappa shape index (κ2) is 9.85. The number of benzene rings is 2. The molecule has 0 bridgehead atoms. The standard InChI is InChI=1S/C25H30N2O5/c1-18-16-26(24(30)31-17-19-8-6-5-7-9-19)14-15-27(18)22(28)20-10-12-21(13-11-20)23(29)32-25(2,3)4/h5-13,18H,14-17H2,1-4H3. The van der Waals surface area contributed by atoms with Crippen molar-refractivity contribution in [2.45, 2.75) is 45.9 Å². The molecule has 0 radical (unpaired) electrons. The smallest absolute Gasteiger partial charge is 0.410 e. The van der Waals surface area contributed by atoms with E-state index in [-0.39, 0.29) is 24.6 Å². The molecule has 2 aromatic carbocycles. The van der Waals surface area contributed by atoms with E-state index in [0.717, 1.165) is 5.56 Å². The van der Waals surface area contributed by atoms with Crippen LogP contribution in [0.4, 0.5) is 4.79 Å². The lowest BCUT2D eigenvalue weighted by Crippen LogP contribution is -2.55. The van der Waals surface area contributed by atoms with Crippen molar-refractivity contribution in [2.24, 2.45) is 0 Å². The molecule has 2 amide bonds. The number of amides is 2. The van der Waals surface area contributed by atoms with E-state index in [4.69, 9.17) is 9.47 Å². The molecule has 0 saturated carbocycles. The molecule has 7 heteroatoms. The fourth-order valence-corrected chi connectivity index (χ4v) is 3.49. The van der Waals surface area contributed by atoms with E-state index in [1.807, 2.05) is 37.3 Å². The molecule has 1 heterocycles. The Morgan fingerprint density at radius 3 is 2.16 bits per heavy atom. The summed E-state index contributed by atoms with van der Waals surface area (Å²) in [5, 5.41) is 0. The Morgan fingerprint density at radius 1 is 0.938 bits per heavy atom. The number of carbonyl (C=O) groups is 3. The molecule has 0 N–H and O–H groups in total. The molecular weight excluding hydrogens is 408 g/mol. The summed E-state index contributed by atoms with van der Waals surface area (Å²) in [7, 11) is 0. The van der Waals surface area contributed by atoms with E-state index in [0.29, 0.717) is 30.8 Å². The fraction of sp³-hybridized carbons (Fsp3) is 0.400. The SMILES string of the molecule is CC1CN(C(=O)OCc2ccccc2)CCN1C(=O)c1ccc(C(=O)OC(C)(C)C)cc1. The van der Waals surface area contributed by atoms with Crippen molar-refractivity contribution in [3.05, 3.63) is 71.3 Å². The number of hydrogen-bond donors (Lipinski definition) is 0. The highest BCUT2D eigenvalue weighted by Crippen LogP contribution is 2.17. The first kappa shape index (κ1) is 23.3. The summed E-state index contributed by atoms with van der Waals surface area (Å²) in [6.45, 7) is 8.76. The molecule has 7 nitrogen and oxygen atoms in total. The molecule has 1 saturated heterocycles. The third kappa shape index (κ3) is 6.09. The average Bonchev–Trinajstić information content (AvgIpc) is 2.76. The highest BCUT2D eigenvalue weighted by atomic mass is 16.6. The lowest BCUT2D eigenvalue weighted by molar-refractivity contribution is 0.00691. The van der Waals surface area contributed by atoms with Gasteiger partial charge in [0.15, 0.2) is 0 Å². The minimum absolute atomic E-state index is 0.134. The van der Waals surface area contributed by atoms with Gasteiger partial charge < -0.3 is 19.3 Å². The minimum Gasteiger partial charge on any atom is -0.456 e. The Kier molecular flexibility index (Phi) is 7.18. The maximum absolute atomic E-state index is 13.0. The van der Waals surface area contributed by atoms with E-state index in [2.05, 4.69) is 0 Å². The first-order valence-corrected chi connectivity index (χ1v) is 10.7. The predicted octanol–water partition coefficient (Wildman–Crippen LogP) is 4.13. The predicted molar refractivity (Wildman–Crippen MR) is 120 cm³/mol. The number of carbonyl (C=O) groups excluding carboxylic acids is 3. The van der Waals surface area contributed by atoms with Crippen molar-refractivity contribution in [3.8, 4) is 0 Å². The highest BCUT2D eigenvalue weighted by Gasteiger charge is 2.31. The highest BCUT2D eigenvalue weighted by molar-refractivity contribution is 5.96. The molecule has 1 unspecified atom stereocenters. The number of esters is 1. The van der Waals surface area contributed by atoms with Crippen LogP contribution in [-0.2, 0) is 16.1 Å². The molecule has 3 rings (SSSR count). The van der Waals surface area contributed by atoms with E-state index in [1.165, 1.54) is 0 Å². The van der Waals surface area contributed by atoms with Gasteiger partial charge in [-0.3, -0.25) is 4.79 Å². The maximum atomic E-state index is 13.0. The van der Waals surface area contributed by atoms with Gasteiger partial charge in [-0.2, -0.15) is 0 Å². The van der Waals surface area contributed by atoms with Gasteiger partial charge in [0.25, 0.3) is 5.91 Å². The lowest BCUT2D eigenvalue weighted by Gasteiger charge is -2.39. The van der Waals surface area contributed by atoms with Crippen LogP contribution in [0.3, 0.4) is 0 Å². The molecule has 1 aliphatic rings. The van der Waals surface area contributed by atoms with Crippen molar-refractivity contribution in [2.75, 3.05) is 19.6 Å². The van der Waals surface area contributed by atoms with Gasteiger partial charge in [0.2, 0.25) is 0 Å². The number of rotatable bonds is 4. The molecular formula is C25H30N2O5. The Balaban J connectivity index is 1.55. The zero-order valence-electron chi connectivity index (χ0n) is 19.0. The molecule has 1 fully saturated rings. The van der Waals surface area contributed by atoms with Crippen LogP contribution >= 0.6 is 0 Å². The molecule has 0 aromatic heterocycles. The molecule has 0 aliphatic carbocycles. The van der Waals surface area contributed by atoms with Gasteiger partial charge in [-0.25, -0.2) is 9.59 Å². The van der Waals surface area contributed by atoms with Gasteiger partial charge in [0, 0.05) is 31.2 Å². The van der Waals surface area contributed by atoms with E-state index >= 15 is 0 Å². The van der Waals surface area contributed by atoms with Gasteiger partial charge >= 0.3 is 12.1 Å². The topological polar surface area (TPSA) is 76.2 Å². The Hall–Kier alpha value is -3.35. The van der Waals surface area contributed by atoms with Crippen LogP contribution in [0.25, 0.3) is 0 Å². The van der Waals surface area contributed by atoms with E-state index in [1.54, 1.807) is 54.8 Å². The summed E-state index contributed by atoms with van der Waals surface area (Å²) in [6.07, 6.45) is -0.380. The molecule has 1 aliphatic heterocycles. The Bertz CT molecular complexity index is 951. The number of piperazine rings is 1. The number of nitrogens with zero attached hydrogens (tertiary/aromatic N) is 2. The summed E-state index contributed by atoms with van der Waals surface area (Å²) in [5.74, 6) is -0.557. The fourth-order valence-electron chi connectivity index (χ4n) is 3.49. The van der Waals surface area contributed by atoms with Gasteiger partial charge in [0.05, 0.1) is 5.56 Å². The van der Waals surface area contributed by atoms with Crippen LogP contribution in [0.1, 0.15) is 54.0 Å². The monoisotopic (exact) mass is 438 g/mol. The van der Waals surface area contributed by atoms with Crippen LogP contribution in [0.15, 0.2) is 54.6 Å². The zero-order valence-corrected chi connectivity index (χ0v) is 19.0. The lowest BCUT2D eigenvalue weighted by atomic mass is 10.1. The maximum Gasteiger partial charge on any atom is 0.410 e. The van der Waals surface area contributed by atoms with Crippen LogP contribution in [-0.4, -0.2) is 59.0 Å². The Morgan fingerprint density at radius 2 is 1.56 bits per heavy atom. The van der Waals surface area contributed by atoms with Crippen molar-refractivity contribution < 1.29 is 23.9 Å². The van der Waals surface area contributed by atoms with Crippen LogP contribution in [0.5, 0.6) is 0 Å². The minimum atomic E-state index is -0.580. The second-order valence-electron chi connectivity index (χ2n) is 8.91. The summed E-state index contributed by atoms with van der Waals surface area (Å²) in [4.78, 5) is 40.9. The number of hydrogen-bond acceptors (Lipinski definition) is 5. The summed E-state index contributed by atoms with van der Waals surface area (Å²) in [5.41, 5.74) is 1.24. The van der Waals surface area contributed by atoms with Crippen molar-refractivity contribution in [1.29, 1.82) is 0 Å². The van der Waals surface area contributed by atoms with Crippen LogP contribution in [0.2, 0.25) is 0 Å². The average molecular weight is 439 g/mol. The van der Waals surface area contributed by atoms with Gasteiger partial charge in [-0.15, -0.1) is 0 Å². The molecule has 1 atom stereocenters. The normalized spacial score (nSPS) is 16.4. The van der Waals surface area contributed by atoms with Crippen molar-refractivity contribution in [3.63, 3.8) is 0 Å². The second-order valence-corrected chi connectivity index (χ2v) is 8.91. The van der Waals surface area contributed by atoms with E-state index in [9.17, 15) is 14.4 Å². The quantitative estimate of drug-likeness (QED) is 0.671. The molecule has 32 heavy (non-hydrogen) atoms. The summed E-state index contributed by atoms with van der Waals surface area (Å²) < 4.78 is 10.8. The third-order valence-corrected chi connectivity index (χ3v) is 5.12. The van der Waals surface area contributed by atoms with E-state index < -0.39 is 11.6 Å². The summed E-state index contributed by atoms with van der Waals surface area (Å²) in [6, 6.07) is 15.8. The molecule has 170 valence electrons. The molecule has 0 spiro atoms. The zero-order chi connectivity index (χ0) is 23.3. The van der Waals surface area contributed by atoms with Crippen molar-refractivity contribution >= 4 is 18.0 Å². The first-order valence-electron chi connectivity index (χ1n) is 10.7. The molecule has 2 aromatic rings. The largest absolute Gasteiger partial charge is 0.456 e. The van der Waals surface area contributed by atoms with Crippen LogP contribution < -0.4 is 0 Å².